The zero-order chi connectivity index (χ0) is 12.7. The van der Waals surface area contributed by atoms with Crippen LogP contribution in [0.3, 0.4) is 0 Å². The van der Waals surface area contributed by atoms with Gasteiger partial charge in [0.15, 0.2) is 11.5 Å². The molecule has 0 aliphatic carbocycles. The van der Waals surface area contributed by atoms with Gasteiger partial charge in [-0.3, -0.25) is 4.79 Å². The lowest BCUT2D eigenvalue weighted by atomic mass is 10.2. The van der Waals surface area contributed by atoms with Crippen molar-refractivity contribution in [2.75, 3.05) is 6.79 Å². The number of aromatic nitrogens is 2. The first-order chi connectivity index (χ1) is 8.65. The maximum atomic E-state index is 11.5. The normalized spacial score (nSPS) is 12.7. The number of aromatic amines is 1. The minimum atomic E-state index is -0.449. The van der Waals surface area contributed by atoms with Gasteiger partial charge in [-0.2, -0.15) is 4.98 Å². The van der Waals surface area contributed by atoms with Gasteiger partial charge in [-0.25, -0.2) is 0 Å². The van der Waals surface area contributed by atoms with Crippen LogP contribution in [0.25, 0.3) is 11.4 Å². The fraction of sp³-hybridized carbons (Fsp3) is 0.0909. The number of H-pyrrole nitrogens is 1. The molecular weight excluding hydrogens is 304 g/mol. The number of benzene rings is 1. The van der Waals surface area contributed by atoms with Gasteiger partial charge in [0.1, 0.15) is 10.3 Å². The van der Waals surface area contributed by atoms with Crippen LogP contribution in [0.2, 0.25) is 0 Å². The summed E-state index contributed by atoms with van der Waals surface area (Å²) in [6.07, 6.45) is 0. The van der Waals surface area contributed by atoms with Crippen molar-refractivity contribution in [3.8, 4) is 28.8 Å². The lowest BCUT2D eigenvalue weighted by Crippen LogP contribution is -2.09. The number of nitrogens with zero attached hydrogens (tertiary/aromatic N) is 1. The first-order valence-corrected chi connectivity index (χ1v) is 5.83. The van der Waals surface area contributed by atoms with Crippen LogP contribution in [-0.4, -0.2) is 21.9 Å². The minimum Gasteiger partial charge on any atom is -0.492 e. The monoisotopic (exact) mass is 310 g/mol. The summed E-state index contributed by atoms with van der Waals surface area (Å²) in [6.45, 7) is 0.175. The Morgan fingerprint density at radius 1 is 1.33 bits per heavy atom. The van der Waals surface area contributed by atoms with E-state index in [2.05, 4.69) is 25.9 Å². The number of halogens is 1. The van der Waals surface area contributed by atoms with Gasteiger partial charge in [-0.15, -0.1) is 0 Å². The van der Waals surface area contributed by atoms with Crippen LogP contribution in [-0.2, 0) is 0 Å². The van der Waals surface area contributed by atoms with E-state index in [9.17, 15) is 9.90 Å². The Kier molecular flexibility index (Phi) is 2.48. The Balaban J connectivity index is 2.13. The Labute approximate surface area is 109 Å². The highest BCUT2D eigenvalue weighted by molar-refractivity contribution is 9.10. The molecule has 0 unspecified atom stereocenters. The highest BCUT2D eigenvalue weighted by atomic mass is 79.9. The van der Waals surface area contributed by atoms with Crippen LogP contribution in [0.5, 0.6) is 17.4 Å². The third-order valence-corrected chi connectivity index (χ3v) is 3.21. The van der Waals surface area contributed by atoms with Crippen LogP contribution in [0.15, 0.2) is 27.5 Å². The highest BCUT2D eigenvalue weighted by Crippen LogP contribution is 2.35. The molecule has 0 saturated carbocycles. The van der Waals surface area contributed by atoms with E-state index in [0.717, 1.165) is 0 Å². The third kappa shape index (κ3) is 1.72. The van der Waals surface area contributed by atoms with E-state index in [1.807, 2.05) is 0 Å². The molecule has 1 aromatic heterocycles. The van der Waals surface area contributed by atoms with Gasteiger partial charge in [-0.1, -0.05) is 0 Å². The highest BCUT2D eigenvalue weighted by Gasteiger charge is 2.16. The van der Waals surface area contributed by atoms with E-state index in [4.69, 9.17) is 9.47 Å². The molecule has 2 heterocycles. The summed E-state index contributed by atoms with van der Waals surface area (Å²) in [5.41, 5.74) is 0.175. The second-order valence-electron chi connectivity index (χ2n) is 3.62. The van der Waals surface area contributed by atoms with Gasteiger partial charge in [0.2, 0.25) is 12.7 Å². The molecule has 1 aliphatic heterocycles. The van der Waals surface area contributed by atoms with Crippen molar-refractivity contribution in [2.45, 2.75) is 0 Å². The van der Waals surface area contributed by atoms with Crippen LogP contribution in [0.4, 0.5) is 0 Å². The number of nitrogens with one attached hydrogen (secondary N) is 1. The standard InChI is InChI=1S/C11H7BrN2O4/c12-8-10(15)13-9(14-11(8)16)5-1-2-6-7(3-5)18-4-17-6/h1-3H,4H2,(H2,13,14,15,16). The molecule has 7 heteroatoms. The van der Waals surface area contributed by atoms with Gasteiger partial charge in [0.05, 0.1) is 0 Å². The summed E-state index contributed by atoms with van der Waals surface area (Å²) in [7, 11) is 0. The number of fused-ring (bicyclic) bond motifs is 1. The van der Waals surface area contributed by atoms with E-state index in [1.54, 1.807) is 18.2 Å². The molecule has 2 N–H and O–H groups in total. The zero-order valence-corrected chi connectivity index (χ0v) is 10.5. The first kappa shape index (κ1) is 11.1. The molecule has 0 saturated heterocycles. The predicted molar refractivity (Wildman–Crippen MR) is 65.8 cm³/mol. The lowest BCUT2D eigenvalue weighted by Gasteiger charge is -2.03. The quantitative estimate of drug-likeness (QED) is 0.836. The molecule has 2 aromatic rings. The molecule has 18 heavy (non-hydrogen) atoms. The molecular formula is C11H7BrN2O4. The van der Waals surface area contributed by atoms with Crippen LogP contribution < -0.4 is 15.0 Å². The second kappa shape index (κ2) is 4.02. The average molecular weight is 311 g/mol. The molecule has 0 bridgehead atoms. The van der Waals surface area contributed by atoms with E-state index in [-0.39, 0.29) is 23.0 Å². The van der Waals surface area contributed by atoms with Crippen LogP contribution >= 0.6 is 15.9 Å². The summed E-state index contributed by atoms with van der Waals surface area (Å²) >= 11 is 2.93. The Bertz CT molecular complexity index is 683. The topological polar surface area (TPSA) is 84.4 Å². The maximum Gasteiger partial charge on any atom is 0.269 e. The molecule has 1 aromatic carbocycles. The van der Waals surface area contributed by atoms with Gasteiger partial charge >= 0.3 is 0 Å². The Morgan fingerprint density at radius 2 is 2.11 bits per heavy atom. The summed E-state index contributed by atoms with van der Waals surface area (Å²) in [6, 6.07) is 5.13. The molecule has 3 rings (SSSR count). The van der Waals surface area contributed by atoms with Gasteiger partial charge in [0.25, 0.3) is 5.56 Å². The minimum absolute atomic E-state index is 0.00648. The molecule has 0 atom stereocenters. The predicted octanol–water partition coefficient (Wildman–Crippen LogP) is 1.63. The Hall–Kier alpha value is -2.02. The van der Waals surface area contributed by atoms with E-state index in [1.165, 1.54) is 0 Å². The molecule has 0 spiro atoms. The van der Waals surface area contributed by atoms with E-state index < -0.39 is 5.56 Å². The van der Waals surface area contributed by atoms with Gasteiger partial charge < -0.3 is 19.6 Å². The van der Waals surface area contributed by atoms with E-state index >= 15 is 0 Å². The first-order valence-electron chi connectivity index (χ1n) is 5.04. The van der Waals surface area contributed by atoms with Crippen molar-refractivity contribution >= 4 is 15.9 Å². The Morgan fingerprint density at radius 3 is 2.89 bits per heavy atom. The van der Waals surface area contributed by atoms with Crippen molar-refractivity contribution in [1.82, 2.24) is 9.97 Å². The molecule has 1 aliphatic rings. The number of hydrogen-bond acceptors (Lipinski definition) is 5. The SMILES string of the molecule is O=c1[nH]c(-c2ccc3c(c2)OCO3)nc(O)c1Br. The molecule has 0 radical (unpaired) electrons. The summed E-state index contributed by atoms with van der Waals surface area (Å²) in [5.74, 6) is 1.13. The fourth-order valence-corrected chi connectivity index (χ4v) is 1.82. The van der Waals surface area contributed by atoms with Crippen molar-refractivity contribution in [1.29, 1.82) is 0 Å². The van der Waals surface area contributed by atoms with Crippen molar-refractivity contribution in [3.05, 3.63) is 33.0 Å². The van der Waals surface area contributed by atoms with Crippen LogP contribution in [0, 0.1) is 0 Å². The van der Waals surface area contributed by atoms with Gasteiger partial charge in [0, 0.05) is 5.56 Å². The second-order valence-corrected chi connectivity index (χ2v) is 4.41. The van der Waals surface area contributed by atoms with Crippen LogP contribution in [0.1, 0.15) is 0 Å². The fourth-order valence-electron chi connectivity index (χ4n) is 1.63. The summed E-state index contributed by atoms with van der Waals surface area (Å²) in [5, 5.41) is 9.50. The maximum absolute atomic E-state index is 11.5. The van der Waals surface area contributed by atoms with Crippen molar-refractivity contribution < 1.29 is 14.6 Å². The largest absolute Gasteiger partial charge is 0.492 e. The summed E-state index contributed by atoms with van der Waals surface area (Å²) in [4.78, 5) is 17.9. The molecule has 6 nitrogen and oxygen atoms in total. The number of ether oxygens (including phenoxy) is 2. The van der Waals surface area contributed by atoms with Crippen molar-refractivity contribution in [2.24, 2.45) is 0 Å². The van der Waals surface area contributed by atoms with Crippen molar-refractivity contribution in [3.63, 3.8) is 0 Å². The van der Waals surface area contributed by atoms with E-state index in [0.29, 0.717) is 17.1 Å². The summed E-state index contributed by atoms with van der Waals surface area (Å²) < 4.78 is 10.4. The number of hydrogen-bond donors (Lipinski definition) is 2. The molecule has 0 amide bonds. The zero-order valence-electron chi connectivity index (χ0n) is 8.94. The third-order valence-electron chi connectivity index (χ3n) is 2.49. The number of rotatable bonds is 1. The smallest absolute Gasteiger partial charge is 0.269 e. The van der Waals surface area contributed by atoms with Gasteiger partial charge in [-0.05, 0) is 34.1 Å². The average Bonchev–Trinajstić information content (AvgIpc) is 2.82. The molecule has 0 fully saturated rings. The lowest BCUT2D eigenvalue weighted by molar-refractivity contribution is 0.174. The molecule has 92 valence electrons. The number of aromatic hydroxyl groups is 1.